The minimum absolute atomic E-state index is 0.0490. The largest absolute Gasteiger partial charge is 0.486 e. The minimum Gasteiger partial charge on any atom is -0.486 e. The van der Waals surface area contributed by atoms with E-state index in [2.05, 4.69) is 15.2 Å². The van der Waals surface area contributed by atoms with Crippen LogP contribution in [0.1, 0.15) is 36.9 Å². The summed E-state index contributed by atoms with van der Waals surface area (Å²) < 4.78 is 43.4. The Balaban J connectivity index is 1.67. The number of nitrogens with zero attached hydrogens (tertiary/aromatic N) is 1. The standard InChI is InChI=1S/C18H23N3O6S/c1-10(14-5-6-15-16(9-14)26-8-7-25-15)19-18(22)12(3)21-28(23,24)17-11(2)20-27-13(17)4/h5-6,9-10,12,21H,7-8H2,1-4H3,(H,19,22)/t10?,12-/m0/s1. The van der Waals surface area contributed by atoms with Gasteiger partial charge in [-0.25, -0.2) is 8.42 Å². The Morgan fingerprint density at radius 3 is 2.46 bits per heavy atom. The molecule has 1 aromatic heterocycles. The predicted octanol–water partition coefficient (Wildman–Crippen LogP) is 1.61. The lowest BCUT2D eigenvalue weighted by atomic mass is 10.1. The van der Waals surface area contributed by atoms with Crippen molar-refractivity contribution in [1.82, 2.24) is 15.2 Å². The van der Waals surface area contributed by atoms with Crippen LogP contribution < -0.4 is 19.5 Å². The molecule has 0 fully saturated rings. The highest BCUT2D eigenvalue weighted by molar-refractivity contribution is 7.89. The Bertz CT molecular complexity index is 966. The number of hydrogen-bond donors (Lipinski definition) is 2. The summed E-state index contributed by atoms with van der Waals surface area (Å²) in [6.07, 6.45) is 0. The Morgan fingerprint density at radius 1 is 1.14 bits per heavy atom. The molecule has 0 spiro atoms. The topological polar surface area (TPSA) is 120 Å². The molecule has 9 nitrogen and oxygen atoms in total. The summed E-state index contributed by atoms with van der Waals surface area (Å²) in [5.74, 6) is 0.992. The number of benzene rings is 1. The van der Waals surface area contributed by atoms with Crippen LogP contribution in [0.4, 0.5) is 0 Å². The molecule has 0 saturated carbocycles. The average Bonchev–Trinajstić information content (AvgIpc) is 3.00. The van der Waals surface area contributed by atoms with Crippen LogP contribution in [0.3, 0.4) is 0 Å². The molecule has 2 atom stereocenters. The van der Waals surface area contributed by atoms with Crippen LogP contribution in [0.5, 0.6) is 11.5 Å². The molecule has 152 valence electrons. The SMILES string of the molecule is Cc1noc(C)c1S(=O)(=O)N[C@@H](C)C(=O)NC(C)c1ccc2c(c1)OCCO2. The molecule has 0 saturated heterocycles. The van der Waals surface area contributed by atoms with Gasteiger partial charge in [0.15, 0.2) is 17.3 Å². The number of nitrogens with one attached hydrogen (secondary N) is 2. The first-order valence-electron chi connectivity index (χ1n) is 8.84. The van der Waals surface area contributed by atoms with Crippen LogP contribution in [-0.4, -0.2) is 38.7 Å². The second-order valence-corrected chi connectivity index (χ2v) is 8.28. The molecule has 10 heteroatoms. The minimum atomic E-state index is -3.94. The van der Waals surface area contributed by atoms with Gasteiger partial charge in [-0.05, 0) is 45.4 Å². The van der Waals surface area contributed by atoms with Crippen molar-refractivity contribution < 1.29 is 27.2 Å². The Hall–Kier alpha value is -2.59. The molecule has 3 rings (SSSR count). The molecule has 1 amide bonds. The van der Waals surface area contributed by atoms with Gasteiger partial charge in [0.25, 0.3) is 0 Å². The first kappa shape index (κ1) is 20.2. The third-order valence-corrected chi connectivity index (χ3v) is 6.17. The molecule has 28 heavy (non-hydrogen) atoms. The van der Waals surface area contributed by atoms with Crippen molar-refractivity contribution in [3.8, 4) is 11.5 Å². The molecular weight excluding hydrogens is 386 g/mol. The zero-order valence-corrected chi connectivity index (χ0v) is 16.9. The summed E-state index contributed by atoms with van der Waals surface area (Å²) >= 11 is 0. The molecule has 2 N–H and O–H groups in total. The zero-order chi connectivity index (χ0) is 20.5. The van der Waals surface area contributed by atoms with Gasteiger partial charge in [-0.15, -0.1) is 0 Å². The van der Waals surface area contributed by atoms with E-state index in [4.69, 9.17) is 14.0 Å². The second kappa shape index (κ2) is 7.80. The fourth-order valence-electron chi connectivity index (χ4n) is 2.95. The quantitative estimate of drug-likeness (QED) is 0.744. The van der Waals surface area contributed by atoms with Gasteiger partial charge in [0.1, 0.15) is 23.8 Å². The Labute approximate surface area is 163 Å². The lowest BCUT2D eigenvalue weighted by Gasteiger charge is -2.22. The van der Waals surface area contributed by atoms with E-state index in [1.165, 1.54) is 20.8 Å². The number of sulfonamides is 1. The number of carbonyl (C=O) groups excluding carboxylic acids is 1. The van der Waals surface area contributed by atoms with E-state index in [-0.39, 0.29) is 22.4 Å². The number of aromatic nitrogens is 1. The summed E-state index contributed by atoms with van der Waals surface area (Å²) in [6, 6.07) is 4.08. The number of hydrogen-bond acceptors (Lipinski definition) is 7. The first-order valence-corrected chi connectivity index (χ1v) is 10.3. The number of aryl methyl sites for hydroxylation is 2. The van der Waals surface area contributed by atoms with Crippen molar-refractivity contribution in [2.75, 3.05) is 13.2 Å². The van der Waals surface area contributed by atoms with Crippen molar-refractivity contribution in [2.45, 2.75) is 44.7 Å². The van der Waals surface area contributed by atoms with Crippen LogP contribution in [0.2, 0.25) is 0 Å². The van der Waals surface area contributed by atoms with E-state index in [0.29, 0.717) is 24.7 Å². The van der Waals surface area contributed by atoms with Crippen LogP contribution in [0.25, 0.3) is 0 Å². The first-order chi connectivity index (χ1) is 13.2. The molecule has 1 unspecified atom stereocenters. The van der Waals surface area contributed by atoms with Crippen molar-refractivity contribution in [3.63, 3.8) is 0 Å². The molecule has 0 bridgehead atoms. The van der Waals surface area contributed by atoms with Crippen LogP contribution in [0.15, 0.2) is 27.6 Å². The molecule has 2 heterocycles. The normalized spacial score (nSPS) is 15.7. The van der Waals surface area contributed by atoms with Gasteiger partial charge in [0.05, 0.1) is 12.1 Å². The van der Waals surface area contributed by atoms with Crippen LogP contribution >= 0.6 is 0 Å². The lowest BCUT2D eigenvalue weighted by Crippen LogP contribution is -2.45. The smallest absolute Gasteiger partial charge is 0.246 e. The highest BCUT2D eigenvalue weighted by Crippen LogP contribution is 2.32. The second-order valence-electron chi connectivity index (χ2n) is 6.63. The maximum atomic E-state index is 12.5. The zero-order valence-electron chi connectivity index (χ0n) is 16.1. The van der Waals surface area contributed by atoms with Crippen molar-refractivity contribution in [2.24, 2.45) is 0 Å². The third kappa shape index (κ3) is 4.12. The third-order valence-electron chi connectivity index (χ3n) is 4.39. The molecule has 2 aromatic rings. The van der Waals surface area contributed by atoms with Gasteiger partial charge in [-0.2, -0.15) is 4.72 Å². The van der Waals surface area contributed by atoms with E-state index >= 15 is 0 Å². The van der Waals surface area contributed by atoms with E-state index in [9.17, 15) is 13.2 Å². The van der Waals surface area contributed by atoms with Gasteiger partial charge in [-0.3, -0.25) is 4.79 Å². The van der Waals surface area contributed by atoms with Crippen molar-refractivity contribution in [1.29, 1.82) is 0 Å². The number of ether oxygens (including phenoxy) is 2. The number of rotatable bonds is 6. The van der Waals surface area contributed by atoms with Gasteiger partial charge >= 0.3 is 0 Å². The van der Waals surface area contributed by atoms with Crippen molar-refractivity contribution in [3.05, 3.63) is 35.2 Å². The number of fused-ring (bicyclic) bond motifs is 1. The summed E-state index contributed by atoms with van der Waals surface area (Å²) in [7, 11) is -3.94. The van der Waals surface area contributed by atoms with E-state index in [1.54, 1.807) is 19.1 Å². The van der Waals surface area contributed by atoms with Crippen molar-refractivity contribution >= 4 is 15.9 Å². The van der Waals surface area contributed by atoms with Crippen LogP contribution in [-0.2, 0) is 14.8 Å². The summed E-state index contributed by atoms with van der Waals surface area (Å²) in [6.45, 7) is 7.28. The van der Waals surface area contributed by atoms with E-state index in [1.807, 2.05) is 6.07 Å². The average molecular weight is 409 g/mol. The molecule has 0 aliphatic carbocycles. The maximum absolute atomic E-state index is 12.5. The number of amides is 1. The molecule has 0 radical (unpaired) electrons. The molecule has 1 aromatic carbocycles. The van der Waals surface area contributed by atoms with E-state index in [0.717, 1.165) is 5.56 Å². The molecular formula is C18H23N3O6S. The Kier molecular flexibility index (Phi) is 5.61. The Morgan fingerprint density at radius 2 is 1.82 bits per heavy atom. The van der Waals surface area contributed by atoms with Gasteiger partial charge in [-0.1, -0.05) is 11.2 Å². The fourth-order valence-corrected chi connectivity index (χ4v) is 4.49. The highest BCUT2D eigenvalue weighted by atomic mass is 32.2. The summed E-state index contributed by atoms with van der Waals surface area (Å²) in [5, 5.41) is 6.44. The molecule has 1 aliphatic heterocycles. The van der Waals surface area contributed by atoms with Gasteiger partial charge in [0, 0.05) is 0 Å². The summed E-state index contributed by atoms with van der Waals surface area (Å²) in [4.78, 5) is 12.5. The van der Waals surface area contributed by atoms with Gasteiger partial charge in [0.2, 0.25) is 15.9 Å². The highest BCUT2D eigenvalue weighted by Gasteiger charge is 2.28. The summed E-state index contributed by atoms with van der Waals surface area (Å²) in [5.41, 5.74) is 1.06. The predicted molar refractivity (Wildman–Crippen MR) is 99.8 cm³/mol. The fraction of sp³-hybridized carbons (Fsp3) is 0.444. The number of carbonyl (C=O) groups is 1. The maximum Gasteiger partial charge on any atom is 0.246 e. The monoisotopic (exact) mass is 409 g/mol. The molecule has 1 aliphatic rings. The van der Waals surface area contributed by atoms with E-state index < -0.39 is 22.0 Å². The van der Waals surface area contributed by atoms with Gasteiger partial charge < -0.3 is 19.3 Å². The lowest BCUT2D eigenvalue weighted by molar-refractivity contribution is -0.123. The van der Waals surface area contributed by atoms with Crippen LogP contribution in [0, 0.1) is 13.8 Å².